The van der Waals surface area contributed by atoms with Crippen molar-refractivity contribution >= 4 is 67.2 Å². The highest BCUT2D eigenvalue weighted by Crippen LogP contribution is 2.26. The van der Waals surface area contributed by atoms with Crippen LogP contribution in [0, 0.1) is 6.92 Å². The van der Waals surface area contributed by atoms with Gasteiger partial charge in [-0.15, -0.1) is 0 Å². The highest BCUT2D eigenvalue weighted by atomic mass is 79.9. The minimum atomic E-state index is -0.359. The van der Waals surface area contributed by atoms with Gasteiger partial charge in [-0.25, -0.2) is 5.43 Å². The molecule has 0 unspecified atom stereocenters. The van der Waals surface area contributed by atoms with E-state index in [-0.39, 0.29) is 24.7 Å². The number of carbonyl (C=O) groups is 2. The predicted octanol–water partition coefficient (Wildman–Crippen LogP) is 6.62. The van der Waals surface area contributed by atoms with Crippen LogP contribution in [0.25, 0.3) is 0 Å². The molecule has 2 N–H and O–H groups in total. The topological polar surface area (TPSA) is 79.8 Å². The quantitative estimate of drug-likeness (QED) is 0.212. The molecule has 3 aromatic rings. The second-order valence-corrected chi connectivity index (χ2v) is 9.59. The molecular formula is C25H22Br2ClN3O3. The van der Waals surface area contributed by atoms with Crippen LogP contribution in [0.4, 0.5) is 5.69 Å². The Labute approximate surface area is 220 Å². The summed E-state index contributed by atoms with van der Waals surface area (Å²) in [5, 5.41) is 7.25. The second kappa shape index (κ2) is 12.7. The fourth-order valence-electron chi connectivity index (χ4n) is 2.81. The molecule has 2 amide bonds. The number of carbonyl (C=O) groups excluding carboxylic acids is 2. The molecule has 0 aromatic heterocycles. The number of ether oxygens (including phenoxy) is 1. The number of aryl methyl sites for hydroxylation is 1. The average Bonchev–Trinajstić information content (AvgIpc) is 2.81. The van der Waals surface area contributed by atoms with Crippen molar-refractivity contribution in [3.63, 3.8) is 0 Å². The number of hydrogen-bond acceptors (Lipinski definition) is 4. The summed E-state index contributed by atoms with van der Waals surface area (Å²) in [5.41, 5.74) is 5.78. The molecule has 0 fully saturated rings. The van der Waals surface area contributed by atoms with Gasteiger partial charge < -0.3 is 10.1 Å². The molecule has 0 heterocycles. The van der Waals surface area contributed by atoms with Crippen LogP contribution in [0.15, 0.2) is 74.7 Å². The number of nitrogens with zero attached hydrogens (tertiary/aromatic N) is 1. The van der Waals surface area contributed by atoms with Gasteiger partial charge in [-0.05, 0) is 82.0 Å². The van der Waals surface area contributed by atoms with Crippen molar-refractivity contribution in [1.82, 2.24) is 5.43 Å². The molecule has 0 spiro atoms. The molecule has 0 aliphatic rings. The summed E-state index contributed by atoms with van der Waals surface area (Å²) in [6.45, 7) is 2.32. The Kier molecular flexibility index (Phi) is 9.68. The summed E-state index contributed by atoms with van der Waals surface area (Å²) < 4.78 is 7.64. The van der Waals surface area contributed by atoms with Crippen LogP contribution in [0.1, 0.15) is 29.5 Å². The Morgan fingerprint density at radius 3 is 2.44 bits per heavy atom. The molecule has 0 radical (unpaired) electrons. The summed E-state index contributed by atoms with van der Waals surface area (Å²) in [4.78, 5) is 24.0. The highest BCUT2D eigenvalue weighted by Gasteiger charge is 2.08. The fourth-order valence-corrected chi connectivity index (χ4v) is 3.77. The van der Waals surface area contributed by atoms with Gasteiger partial charge in [-0.2, -0.15) is 5.10 Å². The first kappa shape index (κ1) is 25.9. The van der Waals surface area contributed by atoms with Crippen LogP contribution in [0.3, 0.4) is 0 Å². The van der Waals surface area contributed by atoms with Gasteiger partial charge in [0.05, 0.1) is 10.7 Å². The van der Waals surface area contributed by atoms with Crippen molar-refractivity contribution in [1.29, 1.82) is 0 Å². The maximum atomic E-state index is 12.0. The van der Waals surface area contributed by atoms with Crippen molar-refractivity contribution in [2.75, 3.05) is 5.32 Å². The van der Waals surface area contributed by atoms with E-state index in [4.69, 9.17) is 16.3 Å². The van der Waals surface area contributed by atoms with E-state index < -0.39 is 0 Å². The number of benzene rings is 3. The summed E-state index contributed by atoms with van der Waals surface area (Å²) in [7, 11) is 0. The van der Waals surface area contributed by atoms with E-state index in [1.165, 1.54) is 6.21 Å². The molecule has 0 aliphatic heterocycles. The minimum Gasteiger partial charge on any atom is -0.488 e. The van der Waals surface area contributed by atoms with E-state index >= 15 is 0 Å². The van der Waals surface area contributed by atoms with Gasteiger partial charge in [0.25, 0.3) is 0 Å². The average molecular weight is 608 g/mol. The van der Waals surface area contributed by atoms with Gasteiger partial charge in [0.2, 0.25) is 11.8 Å². The number of anilines is 1. The molecule has 34 heavy (non-hydrogen) atoms. The summed E-state index contributed by atoms with van der Waals surface area (Å²) >= 11 is 13.0. The highest BCUT2D eigenvalue weighted by molar-refractivity contribution is 9.10. The van der Waals surface area contributed by atoms with E-state index in [1.54, 1.807) is 12.1 Å². The van der Waals surface area contributed by atoms with E-state index in [1.807, 2.05) is 55.5 Å². The Bertz CT molecular complexity index is 1200. The molecular weight excluding hydrogens is 586 g/mol. The summed E-state index contributed by atoms with van der Waals surface area (Å²) in [6.07, 6.45) is 1.56. The van der Waals surface area contributed by atoms with Gasteiger partial charge in [0.15, 0.2) is 0 Å². The molecule has 3 rings (SSSR count). The van der Waals surface area contributed by atoms with Crippen LogP contribution in [0.5, 0.6) is 5.75 Å². The third kappa shape index (κ3) is 8.27. The monoisotopic (exact) mass is 605 g/mol. The number of nitrogens with one attached hydrogen (secondary N) is 2. The molecule has 0 bridgehead atoms. The predicted molar refractivity (Wildman–Crippen MR) is 142 cm³/mol. The van der Waals surface area contributed by atoms with Crippen LogP contribution < -0.4 is 15.5 Å². The largest absolute Gasteiger partial charge is 0.488 e. The van der Waals surface area contributed by atoms with E-state index in [9.17, 15) is 9.59 Å². The molecule has 0 aliphatic carbocycles. The zero-order chi connectivity index (χ0) is 24.5. The maximum Gasteiger partial charge on any atom is 0.240 e. The Balaban J connectivity index is 1.42. The standard InChI is InChI=1S/C25H22Br2ClN3O3/c1-16-2-8-20(13-22(16)28)30-24(32)10-11-25(33)31-29-14-18-5-9-23(21(27)12-18)34-15-17-3-6-19(26)7-4-17/h2-9,12-14H,10-11,15H2,1H3,(H,30,32)(H,31,33). The molecule has 3 aromatic carbocycles. The molecule has 9 heteroatoms. The van der Waals surface area contributed by atoms with Crippen LogP contribution in [-0.4, -0.2) is 18.0 Å². The zero-order valence-corrected chi connectivity index (χ0v) is 22.2. The van der Waals surface area contributed by atoms with Gasteiger partial charge in [0, 0.05) is 28.0 Å². The number of amides is 2. The lowest BCUT2D eigenvalue weighted by atomic mass is 10.2. The zero-order valence-electron chi connectivity index (χ0n) is 18.3. The first-order valence-electron chi connectivity index (χ1n) is 10.3. The van der Waals surface area contributed by atoms with Crippen LogP contribution in [0.2, 0.25) is 5.02 Å². The normalized spacial score (nSPS) is 10.8. The fraction of sp³-hybridized carbons (Fsp3) is 0.160. The van der Waals surface area contributed by atoms with Crippen LogP contribution >= 0.6 is 43.5 Å². The van der Waals surface area contributed by atoms with Crippen molar-refractivity contribution in [3.8, 4) is 5.75 Å². The summed E-state index contributed by atoms with van der Waals surface area (Å²) in [5.74, 6) is 0.0635. The lowest BCUT2D eigenvalue weighted by molar-refractivity contribution is -0.124. The van der Waals surface area contributed by atoms with E-state index in [0.717, 1.165) is 25.6 Å². The lowest BCUT2D eigenvalue weighted by Gasteiger charge is -2.09. The molecule has 0 saturated heterocycles. The first-order chi connectivity index (χ1) is 16.3. The third-order valence-electron chi connectivity index (χ3n) is 4.70. The summed E-state index contributed by atoms with van der Waals surface area (Å²) in [6, 6.07) is 18.7. The second-order valence-electron chi connectivity index (χ2n) is 7.41. The van der Waals surface area contributed by atoms with Crippen molar-refractivity contribution in [2.24, 2.45) is 5.10 Å². The third-order valence-corrected chi connectivity index (χ3v) is 6.26. The molecule has 176 valence electrons. The SMILES string of the molecule is Cc1ccc(NC(=O)CCC(=O)NN=Cc2ccc(OCc3ccc(Br)cc3)c(Br)c2)cc1Cl. The number of rotatable bonds is 9. The van der Waals surface area contributed by atoms with Gasteiger partial charge >= 0.3 is 0 Å². The maximum absolute atomic E-state index is 12.0. The van der Waals surface area contributed by atoms with Crippen molar-refractivity contribution in [3.05, 3.63) is 91.3 Å². The Morgan fingerprint density at radius 1 is 1.00 bits per heavy atom. The Morgan fingerprint density at radius 2 is 1.74 bits per heavy atom. The lowest BCUT2D eigenvalue weighted by Crippen LogP contribution is -2.20. The molecule has 0 saturated carbocycles. The first-order valence-corrected chi connectivity index (χ1v) is 12.3. The van der Waals surface area contributed by atoms with Crippen molar-refractivity contribution < 1.29 is 14.3 Å². The van der Waals surface area contributed by atoms with Gasteiger partial charge in [-0.3, -0.25) is 9.59 Å². The van der Waals surface area contributed by atoms with Crippen LogP contribution in [-0.2, 0) is 16.2 Å². The number of halogens is 3. The Hall–Kier alpha value is -2.68. The smallest absolute Gasteiger partial charge is 0.240 e. The van der Waals surface area contributed by atoms with E-state index in [0.29, 0.717) is 23.1 Å². The minimum absolute atomic E-state index is 0.00922. The van der Waals surface area contributed by atoms with E-state index in [2.05, 4.69) is 47.7 Å². The number of hydrogen-bond donors (Lipinski definition) is 2. The molecule has 6 nitrogen and oxygen atoms in total. The van der Waals surface area contributed by atoms with Gasteiger partial charge in [0.1, 0.15) is 12.4 Å². The van der Waals surface area contributed by atoms with Gasteiger partial charge in [-0.1, -0.05) is 45.7 Å². The van der Waals surface area contributed by atoms with Crippen molar-refractivity contribution in [2.45, 2.75) is 26.4 Å². The molecule has 0 atom stereocenters. The number of hydrazone groups is 1.